The van der Waals surface area contributed by atoms with Crippen molar-refractivity contribution in [2.24, 2.45) is 0 Å². The first-order chi connectivity index (χ1) is 9.67. The molecule has 1 rings (SSSR count). The lowest BCUT2D eigenvalue weighted by atomic mass is 10.1. The zero-order valence-electron chi connectivity index (χ0n) is 11.8. The molecular formula is C12H13Cl2F5O2Si. The number of hydrogen-bond donors (Lipinski definition) is 0. The Labute approximate surface area is 135 Å². The van der Waals surface area contributed by atoms with E-state index in [0.717, 1.165) is 18.2 Å². The van der Waals surface area contributed by atoms with Crippen molar-refractivity contribution in [3.8, 4) is 5.75 Å². The normalized spacial score (nSPS) is 14.8. The molecule has 0 N–H and O–H groups in total. The predicted molar refractivity (Wildman–Crippen MR) is 76.1 cm³/mol. The maximum Gasteiger partial charge on any atom is 0.573 e. The molecule has 0 heterocycles. The van der Waals surface area contributed by atoms with Gasteiger partial charge >= 0.3 is 11.7 Å². The molecule has 0 saturated carbocycles. The highest BCUT2D eigenvalue weighted by molar-refractivity contribution is 6.69. The van der Waals surface area contributed by atoms with Gasteiger partial charge in [-0.05, 0) is 55.0 Å². The van der Waals surface area contributed by atoms with Crippen molar-refractivity contribution < 1.29 is 31.1 Å². The predicted octanol–water partition coefficient (Wildman–Crippen LogP) is 5.96. The van der Waals surface area contributed by atoms with Crippen LogP contribution in [-0.2, 0) is 4.43 Å². The molecule has 0 saturated heterocycles. The van der Waals surface area contributed by atoms with Crippen LogP contribution < -0.4 is 4.74 Å². The van der Waals surface area contributed by atoms with Crippen LogP contribution in [0.2, 0.25) is 24.7 Å². The molecule has 1 unspecified atom stereocenters. The lowest BCUT2D eigenvalue weighted by Crippen LogP contribution is -2.34. The third-order valence-corrected chi connectivity index (χ3v) is 3.56. The van der Waals surface area contributed by atoms with Crippen LogP contribution in [0.3, 0.4) is 0 Å². The lowest BCUT2D eigenvalue weighted by molar-refractivity contribution is -0.274. The van der Waals surface area contributed by atoms with Crippen LogP contribution in [0, 0.1) is 0 Å². The maximum absolute atomic E-state index is 13.6. The van der Waals surface area contributed by atoms with Crippen molar-refractivity contribution in [2.75, 3.05) is 0 Å². The average Bonchev–Trinajstić information content (AvgIpc) is 2.19. The Kier molecular flexibility index (Phi) is 5.76. The smallest absolute Gasteiger partial charge is 0.406 e. The summed E-state index contributed by atoms with van der Waals surface area (Å²) in [6, 6.07) is 2.70. The Morgan fingerprint density at radius 1 is 1.05 bits per heavy atom. The molecule has 0 bridgehead atoms. The standard InChI is InChI=1S/C12H13Cl2F5O2Si/c1-22(2,3)21-10(11(14,15)16)7-4-8(13)6-9(5-7)20-12(17,18)19/h4-6,10H,1-3H3. The van der Waals surface area contributed by atoms with Gasteiger partial charge in [-0.15, -0.1) is 13.2 Å². The molecule has 0 spiro atoms. The molecule has 0 aromatic heterocycles. The zero-order valence-corrected chi connectivity index (χ0v) is 14.3. The lowest BCUT2D eigenvalue weighted by Gasteiger charge is -2.29. The number of ether oxygens (including phenoxy) is 1. The average molecular weight is 383 g/mol. The van der Waals surface area contributed by atoms with Crippen LogP contribution in [0.25, 0.3) is 0 Å². The Balaban J connectivity index is 3.25. The molecule has 0 radical (unpaired) electrons. The highest BCUT2D eigenvalue weighted by Crippen LogP contribution is 2.42. The van der Waals surface area contributed by atoms with E-state index >= 15 is 0 Å². The summed E-state index contributed by atoms with van der Waals surface area (Å²) in [6.07, 6.45) is -6.91. The largest absolute Gasteiger partial charge is 0.573 e. The molecule has 0 amide bonds. The van der Waals surface area contributed by atoms with Crippen molar-refractivity contribution in [1.82, 2.24) is 0 Å². The number of benzene rings is 1. The minimum absolute atomic E-state index is 0.207. The van der Waals surface area contributed by atoms with Gasteiger partial charge in [-0.25, -0.2) is 0 Å². The first-order valence-electron chi connectivity index (χ1n) is 5.98. The fourth-order valence-corrected chi connectivity index (χ4v) is 3.08. The van der Waals surface area contributed by atoms with Crippen LogP contribution in [0.1, 0.15) is 11.7 Å². The van der Waals surface area contributed by atoms with Gasteiger partial charge in [0.1, 0.15) is 11.9 Å². The molecule has 0 aliphatic carbocycles. The summed E-state index contributed by atoms with van der Waals surface area (Å²) in [5, 5.41) is -4.03. The molecule has 2 nitrogen and oxygen atoms in total. The van der Waals surface area contributed by atoms with Crippen LogP contribution in [-0.4, -0.2) is 20.1 Å². The summed E-state index contributed by atoms with van der Waals surface area (Å²) in [6.45, 7) is 4.92. The van der Waals surface area contributed by atoms with E-state index in [0.29, 0.717) is 0 Å². The zero-order chi connectivity index (χ0) is 17.3. The van der Waals surface area contributed by atoms with Gasteiger partial charge in [0, 0.05) is 5.02 Å². The van der Waals surface area contributed by atoms with Gasteiger partial charge in [0.25, 0.3) is 0 Å². The summed E-state index contributed by atoms with van der Waals surface area (Å²) < 4.78 is 72.9. The Hall–Kier alpha value is -0.573. The maximum atomic E-state index is 13.6. The van der Waals surface area contributed by atoms with E-state index in [4.69, 9.17) is 27.6 Å². The van der Waals surface area contributed by atoms with E-state index in [2.05, 4.69) is 4.74 Å². The molecule has 10 heteroatoms. The van der Waals surface area contributed by atoms with Gasteiger partial charge in [-0.1, -0.05) is 11.6 Å². The van der Waals surface area contributed by atoms with Crippen molar-refractivity contribution in [1.29, 1.82) is 0 Å². The van der Waals surface area contributed by atoms with Crippen LogP contribution in [0.15, 0.2) is 18.2 Å². The fraction of sp³-hybridized carbons (Fsp3) is 0.500. The van der Waals surface area contributed by atoms with Crippen LogP contribution in [0.5, 0.6) is 5.75 Å². The fourth-order valence-electron chi connectivity index (χ4n) is 1.61. The second-order valence-electron chi connectivity index (χ2n) is 5.42. The molecule has 126 valence electrons. The van der Waals surface area contributed by atoms with Gasteiger partial charge in [0.05, 0.1) is 0 Å². The first kappa shape index (κ1) is 19.5. The highest BCUT2D eigenvalue weighted by Gasteiger charge is 2.42. The third kappa shape index (κ3) is 6.68. The molecule has 1 aromatic carbocycles. The number of hydrogen-bond acceptors (Lipinski definition) is 2. The SMILES string of the molecule is C[Si](C)(C)OC(c1cc(Cl)cc(OC(F)(F)F)c1)C(F)(F)Cl. The Morgan fingerprint density at radius 2 is 1.59 bits per heavy atom. The number of halogens is 7. The Morgan fingerprint density at radius 3 is 2.00 bits per heavy atom. The van der Waals surface area contributed by atoms with Crippen molar-refractivity contribution in [3.05, 3.63) is 28.8 Å². The van der Waals surface area contributed by atoms with Gasteiger partial charge in [-0.2, -0.15) is 8.78 Å². The van der Waals surface area contributed by atoms with Gasteiger partial charge in [-0.3, -0.25) is 0 Å². The molecule has 0 aliphatic rings. The van der Waals surface area contributed by atoms with Crippen LogP contribution in [0.4, 0.5) is 22.0 Å². The molecule has 0 aliphatic heterocycles. The summed E-state index contributed by atoms with van der Waals surface area (Å²) >= 11 is 10.7. The van der Waals surface area contributed by atoms with Crippen molar-refractivity contribution >= 4 is 31.5 Å². The van der Waals surface area contributed by atoms with E-state index < -0.39 is 31.9 Å². The molecule has 22 heavy (non-hydrogen) atoms. The molecule has 1 atom stereocenters. The van der Waals surface area contributed by atoms with E-state index in [1.165, 1.54) is 0 Å². The summed E-state index contributed by atoms with van der Waals surface area (Å²) in [7, 11) is -2.47. The summed E-state index contributed by atoms with van der Waals surface area (Å²) in [5.41, 5.74) is -0.297. The van der Waals surface area contributed by atoms with E-state index in [9.17, 15) is 22.0 Å². The summed E-state index contributed by atoms with van der Waals surface area (Å²) in [4.78, 5) is 0. The quantitative estimate of drug-likeness (QED) is 0.355. The molecule has 1 aromatic rings. The van der Waals surface area contributed by atoms with Crippen molar-refractivity contribution in [3.63, 3.8) is 0 Å². The monoisotopic (exact) mass is 382 g/mol. The topological polar surface area (TPSA) is 18.5 Å². The Bertz CT molecular complexity index is 526. The van der Waals surface area contributed by atoms with Gasteiger partial charge in [0.15, 0.2) is 8.32 Å². The minimum atomic E-state index is -4.97. The van der Waals surface area contributed by atoms with Crippen molar-refractivity contribution in [2.45, 2.75) is 37.5 Å². The second kappa shape index (κ2) is 6.50. The number of alkyl halides is 6. The molecule has 0 fully saturated rings. The first-order valence-corrected chi connectivity index (χ1v) is 10.1. The van der Waals surface area contributed by atoms with Gasteiger partial charge in [0.2, 0.25) is 0 Å². The van der Waals surface area contributed by atoms with Crippen LogP contribution >= 0.6 is 23.2 Å². The summed E-state index contributed by atoms with van der Waals surface area (Å²) in [5.74, 6) is -0.722. The van der Waals surface area contributed by atoms with E-state index in [1.54, 1.807) is 19.6 Å². The van der Waals surface area contributed by atoms with E-state index in [-0.39, 0.29) is 10.6 Å². The number of rotatable bonds is 5. The highest BCUT2D eigenvalue weighted by atomic mass is 35.5. The van der Waals surface area contributed by atoms with E-state index in [1.807, 2.05) is 0 Å². The second-order valence-corrected chi connectivity index (χ2v) is 10.8. The minimum Gasteiger partial charge on any atom is -0.406 e. The molecular weight excluding hydrogens is 370 g/mol. The third-order valence-electron chi connectivity index (χ3n) is 2.20. The van der Waals surface area contributed by atoms with Gasteiger partial charge < -0.3 is 9.16 Å².